The van der Waals surface area contributed by atoms with E-state index in [-0.39, 0.29) is 11.9 Å². The Labute approximate surface area is 192 Å². The molecular formula is C27H25N3O3. The summed E-state index contributed by atoms with van der Waals surface area (Å²) in [4.78, 5) is 15.4. The maximum Gasteiger partial charge on any atom is 0.273 e. The molecule has 33 heavy (non-hydrogen) atoms. The fraction of sp³-hybridized carbons (Fsp3) is 0.185. The van der Waals surface area contributed by atoms with E-state index in [1.54, 1.807) is 14.2 Å². The summed E-state index contributed by atoms with van der Waals surface area (Å²) < 4.78 is 10.6. The molecule has 1 atom stereocenters. The minimum Gasteiger partial charge on any atom is -0.497 e. The molecule has 6 nitrogen and oxygen atoms in total. The number of H-pyrrole nitrogens is 1. The third-order valence-corrected chi connectivity index (χ3v) is 6.14. The molecule has 6 heteroatoms. The van der Waals surface area contributed by atoms with Crippen molar-refractivity contribution in [3.63, 3.8) is 0 Å². The Morgan fingerprint density at radius 2 is 1.52 bits per heavy atom. The monoisotopic (exact) mass is 439 g/mol. The molecule has 1 aromatic heterocycles. The number of methoxy groups -OCH3 is 2. The minimum absolute atomic E-state index is 0.0333. The van der Waals surface area contributed by atoms with Crippen LogP contribution < -0.4 is 9.47 Å². The van der Waals surface area contributed by atoms with Crippen molar-refractivity contribution in [1.82, 2.24) is 15.1 Å². The Morgan fingerprint density at radius 3 is 2.15 bits per heavy atom. The smallest absolute Gasteiger partial charge is 0.273 e. The summed E-state index contributed by atoms with van der Waals surface area (Å²) in [5.41, 5.74) is 5.45. The van der Waals surface area contributed by atoms with Gasteiger partial charge >= 0.3 is 0 Å². The van der Waals surface area contributed by atoms with Gasteiger partial charge in [0.2, 0.25) is 0 Å². The molecular weight excluding hydrogens is 414 g/mol. The van der Waals surface area contributed by atoms with Crippen LogP contribution in [0.2, 0.25) is 0 Å². The molecule has 2 heterocycles. The molecule has 0 saturated heterocycles. The van der Waals surface area contributed by atoms with Gasteiger partial charge in [0.05, 0.1) is 26.0 Å². The number of nitrogens with zero attached hydrogens (tertiary/aromatic N) is 2. The van der Waals surface area contributed by atoms with Crippen LogP contribution in [-0.4, -0.2) is 41.8 Å². The molecule has 0 saturated carbocycles. The van der Waals surface area contributed by atoms with Crippen LogP contribution in [0.5, 0.6) is 11.5 Å². The van der Waals surface area contributed by atoms with Crippen molar-refractivity contribution in [3.8, 4) is 22.8 Å². The van der Waals surface area contributed by atoms with Gasteiger partial charge < -0.3 is 14.4 Å². The van der Waals surface area contributed by atoms with Gasteiger partial charge in [0.15, 0.2) is 0 Å². The number of amides is 1. The first-order valence-electron chi connectivity index (χ1n) is 10.9. The second-order valence-electron chi connectivity index (χ2n) is 8.00. The summed E-state index contributed by atoms with van der Waals surface area (Å²) in [5.74, 6) is 1.57. The van der Waals surface area contributed by atoms with Crippen molar-refractivity contribution in [3.05, 3.63) is 101 Å². The van der Waals surface area contributed by atoms with Gasteiger partial charge in [-0.1, -0.05) is 54.6 Å². The van der Waals surface area contributed by atoms with Crippen molar-refractivity contribution in [1.29, 1.82) is 0 Å². The molecule has 0 aliphatic carbocycles. The predicted molar refractivity (Wildman–Crippen MR) is 127 cm³/mol. The minimum atomic E-state index is -0.231. The van der Waals surface area contributed by atoms with E-state index in [0.29, 0.717) is 12.2 Å². The molecule has 1 amide bonds. The Morgan fingerprint density at radius 1 is 0.879 bits per heavy atom. The molecule has 1 N–H and O–H groups in total. The number of nitrogens with one attached hydrogen (secondary N) is 1. The normalized spacial score (nSPS) is 14.9. The summed E-state index contributed by atoms with van der Waals surface area (Å²) in [5, 5.41) is 7.55. The lowest BCUT2D eigenvalue weighted by Gasteiger charge is -2.26. The third kappa shape index (κ3) is 3.84. The molecule has 5 rings (SSSR count). The average molecular weight is 440 g/mol. The number of benzene rings is 3. The molecule has 1 unspecified atom stereocenters. The number of hydrogen-bond acceptors (Lipinski definition) is 4. The number of carbonyl (C=O) groups excluding carboxylic acids is 1. The van der Waals surface area contributed by atoms with Crippen molar-refractivity contribution >= 4 is 5.91 Å². The Bertz CT molecular complexity index is 1250. The van der Waals surface area contributed by atoms with Crippen LogP contribution in [0.15, 0.2) is 78.9 Å². The molecule has 0 spiro atoms. The summed E-state index contributed by atoms with van der Waals surface area (Å²) in [7, 11) is 3.31. The van der Waals surface area contributed by atoms with Crippen LogP contribution in [-0.2, 0) is 6.42 Å². The van der Waals surface area contributed by atoms with Crippen LogP contribution >= 0.6 is 0 Å². The highest BCUT2D eigenvalue weighted by atomic mass is 16.5. The molecule has 166 valence electrons. The van der Waals surface area contributed by atoms with Gasteiger partial charge in [-0.15, -0.1) is 0 Å². The number of rotatable bonds is 7. The van der Waals surface area contributed by atoms with E-state index in [1.807, 2.05) is 83.8 Å². The van der Waals surface area contributed by atoms with Crippen molar-refractivity contribution in [2.45, 2.75) is 12.5 Å². The molecule has 0 radical (unpaired) electrons. The van der Waals surface area contributed by atoms with Gasteiger partial charge in [-0.2, -0.15) is 5.10 Å². The second-order valence-corrected chi connectivity index (χ2v) is 8.00. The van der Waals surface area contributed by atoms with E-state index in [0.717, 1.165) is 45.9 Å². The number of ether oxygens (including phenoxy) is 2. The highest BCUT2D eigenvalue weighted by Crippen LogP contribution is 2.43. The summed E-state index contributed by atoms with van der Waals surface area (Å²) in [6, 6.07) is 25.6. The van der Waals surface area contributed by atoms with Crippen LogP contribution in [0.1, 0.15) is 33.2 Å². The van der Waals surface area contributed by atoms with Gasteiger partial charge in [0.25, 0.3) is 5.91 Å². The van der Waals surface area contributed by atoms with Crippen LogP contribution in [0.3, 0.4) is 0 Å². The highest BCUT2D eigenvalue weighted by Gasteiger charge is 2.41. The number of carbonyl (C=O) groups is 1. The van der Waals surface area contributed by atoms with Crippen molar-refractivity contribution in [2.24, 2.45) is 0 Å². The quantitative estimate of drug-likeness (QED) is 0.446. The van der Waals surface area contributed by atoms with E-state index in [9.17, 15) is 4.79 Å². The number of aromatic amines is 1. The molecule has 0 fully saturated rings. The SMILES string of the molecule is COc1ccc(CCN2C(=O)c3[nH]nc(-c4ccccc4)c3C2c2ccc(OC)cc2)cc1. The largest absolute Gasteiger partial charge is 0.497 e. The standard InChI is InChI=1S/C27H25N3O3/c1-32-21-12-8-18(9-13-21)16-17-30-26(20-10-14-22(33-2)15-11-20)23-24(19-6-4-3-5-7-19)28-29-25(23)27(30)31/h3-15,26H,16-17H2,1-2H3,(H,28,29). The number of aromatic nitrogens is 2. The maximum absolute atomic E-state index is 13.5. The van der Waals surface area contributed by atoms with Gasteiger partial charge in [-0.05, 0) is 41.8 Å². The van der Waals surface area contributed by atoms with E-state index >= 15 is 0 Å². The zero-order valence-corrected chi connectivity index (χ0v) is 18.6. The lowest BCUT2D eigenvalue weighted by molar-refractivity contribution is 0.0746. The van der Waals surface area contributed by atoms with Gasteiger partial charge in [0, 0.05) is 17.7 Å². The van der Waals surface area contributed by atoms with E-state index in [2.05, 4.69) is 10.2 Å². The first-order valence-corrected chi connectivity index (χ1v) is 10.9. The van der Waals surface area contributed by atoms with E-state index < -0.39 is 0 Å². The maximum atomic E-state index is 13.5. The van der Waals surface area contributed by atoms with Crippen LogP contribution in [0.25, 0.3) is 11.3 Å². The Hall–Kier alpha value is -4.06. The van der Waals surface area contributed by atoms with Gasteiger partial charge in [-0.25, -0.2) is 0 Å². The third-order valence-electron chi connectivity index (χ3n) is 6.14. The van der Waals surface area contributed by atoms with Gasteiger partial charge in [-0.3, -0.25) is 9.89 Å². The summed E-state index contributed by atoms with van der Waals surface area (Å²) in [6.07, 6.45) is 0.737. The average Bonchev–Trinajstić information content (AvgIpc) is 3.42. The van der Waals surface area contributed by atoms with Crippen LogP contribution in [0, 0.1) is 0 Å². The summed E-state index contributed by atoms with van der Waals surface area (Å²) in [6.45, 7) is 0.582. The molecule has 0 bridgehead atoms. The Balaban J connectivity index is 1.52. The molecule has 1 aliphatic rings. The lowest BCUT2D eigenvalue weighted by Crippen LogP contribution is -2.31. The highest BCUT2D eigenvalue weighted by molar-refractivity contribution is 6.00. The number of fused-ring (bicyclic) bond motifs is 1. The fourth-order valence-electron chi connectivity index (χ4n) is 4.42. The predicted octanol–water partition coefficient (Wildman–Crippen LogP) is 4.88. The molecule has 4 aromatic rings. The first-order chi connectivity index (χ1) is 16.2. The zero-order valence-electron chi connectivity index (χ0n) is 18.6. The lowest BCUT2D eigenvalue weighted by atomic mass is 9.96. The second kappa shape index (κ2) is 8.82. The molecule has 3 aromatic carbocycles. The Kier molecular flexibility index (Phi) is 5.57. The van der Waals surface area contributed by atoms with E-state index in [1.165, 1.54) is 0 Å². The van der Waals surface area contributed by atoms with Crippen LogP contribution in [0.4, 0.5) is 0 Å². The van der Waals surface area contributed by atoms with Gasteiger partial charge in [0.1, 0.15) is 17.2 Å². The number of hydrogen-bond donors (Lipinski definition) is 1. The zero-order chi connectivity index (χ0) is 22.8. The van der Waals surface area contributed by atoms with Crippen molar-refractivity contribution in [2.75, 3.05) is 20.8 Å². The first kappa shape index (κ1) is 20.8. The summed E-state index contributed by atoms with van der Waals surface area (Å²) >= 11 is 0. The van der Waals surface area contributed by atoms with Crippen molar-refractivity contribution < 1.29 is 14.3 Å². The molecule has 1 aliphatic heterocycles. The fourth-order valence-corrected chi connectivity index (χ4v) is 4.42. The van der Waals surface area contributed by atoms with E-state index in [4.69, 9.17) is 9.47 Å². The topological polar surface area (TPSA) is 67.5 Å².